The summed E-state index contributed by atoms with van der Waals surface area (Å²) in [5, 5.41) is 2.85. The van der Waals surface area contributed by atoms with Crippen LogP contribution in [-0.2, 0) is 16.1 Å². The Morgan fingerprint density at radius 1 is 1.12 bits per heavy atom. The number of hydrogen-bond donors (Lipinski definition) is 1. The third-order valence-corrected chi connectivity index (χ3v) is 5.83. The van der Waals surface area contributed by atoms with E-state index >= 15 is 0 Å². The van der Waals surface area contributed by atoms with Crippen molar-refractivity contribution < 1.29 is 14.0 Å². The van der Waals surface area contributed by atoms with Gasteiger partial charge >= 0.3 is 0 Å². The molecule has 1 unspecified atom stereocenters. The first-order valence-corrected chi connectivity index (χ1v) is 9.84. The molecule has 1 saturated heterocycles. The Morgan fingerprint density at radius 2 is 1.81 bits per heavy atom. The fourth-order valence-electron chi connectivity index (χ4n) is 4.22. The number of halogens is 1. The summed E-state index contributed by atoms with van der Waals surface area (Å²) in [4.78, 5) is 27.1. The highest BCUT2D eigenvalue weighted by molar-refractivity contribution is 5.81. The van der Waals surface area contributed by atoms with Gasteiger partial charge in [0.05, 0.1) is 0 Å². The standard InChI is InChI=1S/C21H29FN2O2/c1-15-5-4-12-24(14-15)21(26)17-10-8-16(9-11-17)20(25)23-13-18-6-2-3-7-19(18)22/h2-3,6-7,15-17H,4-5,8-14H2,1H3,(H,23,25). The zero-order valence-corrected chi connectivity index (χ0v) is 15.5. The summed E-state index contributed by atoms with van der Waals surface area (Å²) in [7, 11) is 0. The zero-order valence-electron chi connectivity index (χ0n) is 15.5. The Balaban J connectivity index is 1.45. The molecule has 1 heterocycles. The molecule has 0 spiro atoms. The summed E-state index contributed by atoms with van der Waals surface area (Å²) in [6.45, 7) is 4.18. The minimum Gasteiger partial charge on any atom is -0.352 e. The van der Waals surface area contributed by atoms with Crippen LogP contribution in [0.25, 0.3) is 0 Å². The van der Waals surface area contributed by atoms with E-state index in [4.69, 9.17) is 0 Å². The molecule has 0 aromatic heterocycles. The number of hydrogen-bond acceptors (Lipinski definition) is 2. The van der Waals surface area contributed by atoms with Crippen molar-refractivity contribution >= 4 is 11.8 Å². The predicted octanol–water partition coefficient (Wildman–Crippen LogP) is 3.51. The number of likely N-dealkylation sites (tertiary alicyclic amines) is 1. The second kappa shape index (κ2) is 8.65. The molecule has 2 amide bonds. The number of benzene rings is 1. The molecular formula is C21H29FN2O2. The van der Waals surface area contributed by atoms with Crippen LogP contribution in [0.3, 0.4) is 0 Å². The normalized spacial score (nSPS) is 26.4. The Labute approximate surface area is 155 Å². The van der Waals surface area contributed by atoms with Crippen LogP contribution in [0.1, 0.15) is 51.0 Å². The minimum atomic E-state index is -0.294. The van der Waals surface area contributed by atoms with Crippen molar-refractivity contribution in [3.8, 4) is 0 Å². The van der Waals surface area contributed by atoms with Gasteiger partial charge in [-0.05, 0) is 50.5 Å². The lowest BCUT2D eigenvalue weighted by Gasteiger charge is -2.35. The smallest absolute Gasteiger partial charge is 0.225 e. The van der Waals surface area contributed by atoms with Gasteiger partial charge < -0.3 is 10.2 Å². The summed E-state index contributed by atoms with van der Waals surface area (Å²) in [5.41, 5.74) is 0.504. The van der Waals surface area contributed by atoms with Gasteiger partial charge in [-0.15, -0.1) is 0 Å². The van der Waals surface area contributed by atoms with Gasteiger partial charge in [0, 0.05) is 37.0 Å². The van der Waals surface area contributed by atoms with E-state index in [2.05, 4.69) is 12.2 Å². The molecule has 0 bridgehead atoms. The molecule has 1 saturated carbocycles. The monoisotopic (exact) mass is 360 g/mol. The van der Waals surface area contributed by atoms with Gasteiger partial charge in [-0.3, -0.25) is 9.59 Å². The number of carbonyl (C=O) groups is 2. The molecular weight excluding hydrogens is 331 g/mol. The predicted molar refractivity (Wildman–Crippen MR) is 98.7 cm³/mol. The number of amides is 2. The van der Waals surface area contributed by atoms with Crippen molar-refractivity contribution in [1.82, 2.24) is 10.2 Å². The molecule has 3 rings (SSSR count). The van der Waals surface area contributed by atoms with Crippen LogP contribution in [0.5, 0.6) is 0 Å². The first-order chi connectivity index (χ1) is 12.5. The average Bonchev–Trinajstić information content (AvgIpc) is 2.66. The maximum Gasteiger partial charge on any atom is 0.225 e. The first kappa shape index (κ1) is 18.9. The third-order valence-electron chi connectivity index (χ3n) is 5.83. The molecule has 1 aliphatic heterocycles. The van der Waals surface area contributed by atoms with Crippen molar-refractivity contribution in [2.75, 3.05) is 13.1 Å². The highest BCUT2D eigenvalue weighted by Gasteiger charge is 2.33. The Bertz CT molecular complexity index is 641. The second-order valence-corrected chi connectivity index (χ2v) is 7.89. The summed E-state index contributed by atoms with van der Waals surface area (Å²) < 4.78 is 13.6. The van der Waals surface area contributed by atoms with Gasteiger partial charge in [-0.2, -0.15) is 0 Å². The van der Waals surface area contributed by atoms with E-state index in [0.717, 1.165) is 45.2 Å². The minimum absolute atomic E-state index is 0.0225. The summed E-state index contributed by atoms with van der Waals surface area (Å²) in [6.07, 6.45) is 5.34. The van der Waals surface area contributed by atoms with Crippen molar-refractivity contribution in [3.63, 3.8) is 0 Å². The van der Waals surface area contributed by atoms with Gasteiger partial charge in [-0.1, -0.05) is 25.1 Å². The van der Waals surface area contributed by atoms with E-state index in [0.29, 0.717) is 11.5 Å². The van der Waals surface area contributed by atoms with Crippen LogP contribution in [0.15, 0.2) is 24.3 Å². The molecule has 0 radical (unpaired) electrons. The second-order valence-electron chi connectivity index (χ2n) is 7.89. The molecule has 2 aliphatic rings. The van der Waals surface area contributed by atoms with Crippen molar-refractivity contribution in [2.45, 2.75) is 52.0 Å². The fraction of sp³-hybridized carbons (Fsp3) is 0.619. The molecule has 5 heteroatoms. The Hall–Kier alpha value is -1.91. The number of carbonyl (C=O) groups excluding carboxylic acids is 2. The Morgan fingerprint density at radius 3 is 2.50 bits per heavy atom. The quantitative estimate of drug-likeness (QED) is 0.893. The van der Waals surface area contributed by atoms with Gasteiger partial charge in [0.15, 0.2) is 0 Å². The van der Waals surface area contributed by atoms with Crippen LogP contribution in [0, 0.1) is 23.6 Å². The number of nitrogens with zero attached hydrogens (tertiary/aromatic N) is 1. The maximum atomic E-state index is 13.6. The van der Waals surface area contributed by atoms with Gasteiger partial charge in [0.25, 0.3) is 0 Å². The van der Waals surface area contributed by atoms with Crippen molar-refractivity contribution in [2.24, 2.45) is 17.8 Å². The summed E-state index contributed by atoms with van der Waals surface area (Å²) >= 11 is 0. The lowest BCUT2D eigenvalue weighted by molar-refractivity contribution is -0.140. The Kier molecular flexibility index (Phi) is 6.28. The van der Waals surface area contributed by atoms with Crippen LogP contribution in [-0.4, -0.2) is 29.8 Å². The molecule has 1 N–H and O–H groups in total. The molecule has 1 atom stereocenters. The van der Waals surface area contributed by atoms with Crippen LogP contribution >= 0.6 is 0 Å². The van der Waals surface area contributed by atoms with E-state index in [-0.39, 0.29) is 36.0 Å². The largest absolute Gasteiger partial charge is 0.352 e. The van der Waals surface area contributed by atoms with Gasteiger partial charge in [0.2, 0.25) is 11.8 Å². The van der Waals surface area contributed by atoms with Crippen LogP contribution < -0.4 is 5.32 Å². The number of rotatable bonds is 4. The maximum absolute atomic E-state index is 13.6. The average molecular weight is 360 g/mol. The van der Waals surface area contributed by atoms with Gasteiger partial charge in [0.1, 0.15) is 5.82 Å². The first-order valence-electron chi connectivity index (χ1n) is 9.84. The van der Waals surface area contributed by atoms with E-state index < -0.39 is 0 Å². The van der Waals surface area contributed by atoms with Crippen molar-refractivity contribution in [3.05, 3.63) is 35.6 Å². The number of piperidine rings is 1. The summed E-state index contributed by atoms with van der Waals surface area (Å²) in [6, 6.07) is 6.50. The molecule has 142 valence electrons. The molecule has 4 nitrogen and oxygen atoms in total. The lowest BCUT2D eigenvalue weighted by atomic mass is 9.80. The molecule has 1 aromatic carbocycles. The van der Waals surface area contributed by atoms with E-state index in [9.17, 15) is 14.0 Å². The summed E-state index contributed by atoms with van der Waals surface area (Å²) in [5.74, 6) is 0.556. The van der Waals surface area contributed by atoms with Crippen LogP contribution in [0.2, 0.25) is 0 Å². The third kappa shape index (κ3) is 4.63. The number of nitrogens with one attached hydrogen (secondary N) is 1. The molecule has 2 fully saturated rings. The zero-order chi connectivity index (χ0) is 18.5. The van der Waals surface area contributed by atoms with E-state index in [1.807, 2.05) is 4.90 Å². The molecule has 26 heavy (non-hydrogen) atoms. The highest BCUT2D eigenvalue weighted by Crippen LogP contribution is 2.31. The fourth-order valence-corrected chi connectivity index (χ4v) is 4.22. The van der Waals surface area contributed by atoms with Gasteiger partial charge in [-0.25, -0.2) is 4.39 Å². The highest BCUT2D eigenvalue weighted by atomic mass is 19.1. The molecule has 1 aromatic rings. The van der Waals surface area contributed by atoms with E-state index in [1.165, 1.54) is 12.5 Å². The molecule has 1 aliphatic carbocycles. The van der Waals surface area contributed by atoms with Crippen LogP contribution in [0.4, 0.5) is 4.39 Å². The lowest BCUT2D eigenvalue weighted by Crippen LogP contribution is -2.44. The van der Waals surface area contributed by atoms with E-state index in [1.54, 1.807) is 18.2 Å². The topological polar surface area (TPSA) is 49.4 Å². The SMILES string of the molecule is CC1CCCN(C(=O)C2CCC(C(=O)NCc3ccccc3F)CC2)C1. The van der Waals surface area contributed by atoms with Crippen molar-refractivity contribution in [1.29, 1.82) is 0 Å².